The van der Waals surface area contributed by atoms with Gasteiger partial charge in [0, 0.05) is 18.2 Å². The van der Waals surface area contributed by atoms with Crippen LogP contribution in [0.1, 0.15) is 55.7 Å². The molecule has 1 aliphatic rings. The van der Waals surface area contributed by atoms with Gasteiger partial charge in [-0.3, -0.25) is 13.9 Å². The molecular formula is C27H36FN3O4S. The fourth-order valence-electron chi connectivity index (χ4n) is 4.56. The summed E-state index contributed by atoms with van der Waals surface area (Å²) in [4.78, 5) is 28.1. The van der Waals surface area contributed by atoms with E-state index in [1.165, 1.54) is 11.0 Å². The Labute approximate surface area is 213 Å². The maximum absolute atomic E-state index is 14.5. The molecule has 9 heteroatoms. The quantitative estimate of drug-likeness (QED) is 0.543. The molecule has 0 spiro atoms. The molecule has 1 N–H and O–H groups in total. The van der Waals surface area contributed by atoms with Gasteiger partial charge >= 0.3 is 0 Å². The molecule has 0 saturated heterocycles. The van der Waals surface area contributed by atoms with Crippen LogP contribution in [-0.2, 0) is 26.2 Å². The van der Waals surface area contributed by atoms with Gasteiger partial charge in [0.25, 0.3) is 0 Å². The monoisotopic (exact) mass is 517 g/mol. The summed E-state index contributed by atoms with van der Waals surface area (Å²) in [5, 5.41) is 3.03. The van der Waals surface area contributed by atoms with Gasteiger partial charge in [0.05, 0.1) is 11.9 Å². The van der Waals surface area contributed by atoms with E-state index in [0.29, 0.717) is 5.69 Å². The number of benzene rings is 2. The highest BCUT2D eigenvalue weighted by atomic mass is 32.2. The van der Waals surface area contributed by atoms with Crippen LogP contribution in [0.15, 0.2) is 42.5 Å². The molecule has 2 aromatic rings. The maximum Gasteiger partial charge on any atom is 0.244 e. The van der Waals surface area contributed by atoms with Crippen molar-refractivity contribution < 1.29 is 22.4 Å². The van der Waals surface area contributed by atoms with Crippen LogP contribution in [0.5, 0.6) is 0 Å². The number of rotatable bonds is 9. The summed E-state index contributed by atoms with van der Waals surface area (Å²) in [5.41, 5.74) is 2.27. The first kappa shape index (κ1) is 27.6. The predicted molar refractivity (Wildman–Crippen MR) is 140 cm³/mol. The van der Waals surface area contributed by atoms with Crippen molar-refractivity contribution in [2.24, 2.45) is 0 Å². The molecule has 0 aromatic heterocycles. The lowest BCUT2D eigenvalue weighted by atomic mass is 9.95. The molecule has 2 aromatic carbocycles. The molecule has 1 saturated carbocycles. The van der Waals surface area contributed by atoms with Gasteiger partial charge in [0.2, 0.25) is 21.8 Å². The zero-order valence-corrected chi connectivity index (χ0v) is 22.3. The largest absolute Gasteiger partial charge is 0.352 e. The van der Waals surface area contributed by atoms with Crippen molar-refractivity contribution >= 4 is 27.5 Å². The standard InChI is InChI=1S/C27H36FN3O4S/c1-19-11-10-16-25(20(19)2)31(36(4,34)35)18-26(32)30(17-22-12-8-9-15-24(22)28)21(3)27(33)29-23-13-6-5-7-14-23/h8-12,15-16,21,23H,5-7,13-14,17-18H2,1-4H3,(H,29,33)/t21-/m0/s1. The van der Waals surface area contributed by atoms with Gasteiger partial charge in [-0.25, -0.2) is 12.8 Å². The summed E-state index contributed by atoms with van der Waals surface area (Å²) in [7, 11) is -3.82. The lowest BCUT2D eigenvalue weighted by Crippen LogP contribution is -2.53. The zero-order chi connectivity index (χ0) is 26.5. The second-order valence-corrected chi connectivity index (χ2v) is 11.5. The normalized spacial score (nSPS) is 15.2. The number of anilines is 1. The Morgan fingerprint density at radius 1 is 1.06 bits per heavy atom. The lowest BCUT2D eigenvalue weighted by Gasteiger charge is -2.33. The minimum absolute atomic E-state index is 0.0431. The van der Waals surface area contributed by atoms with E-state index in [2.05, 4.69) is 5.32 Å². The highest BCUT2D eigenvalue weighted by molar-refractivity contribution is 7.92. The average molecular weight is 518 g/mol. The summed E-state index contributed by atoms with van der Waals surface area (Å²) in [5.74, 6) is -1.41. The van der Waals surface area contributed by atoms with E-state index in [1.807, 2.05) is 13.0 Å². The Bertz CT molecular complexity index is 1200. The molecule has 1 fully saturated rings. The highest BCUT2D eigenvalue weighted by Gasteiger charge is 2.32. The van der Waals surface area contributed by atoms with Gasteiger partial charge in [-0.15, -0.1) is 0 Å². The first-order valence-electron chi connectivity index (χ1n) is 12.4. The van der Waals surface area contributed by atoms with Crippen molar-refractivity contribution in [3.05, 3.63) is 65.0 Å². The van der Waals surface area contributed by atoms with Crippen LogP contribution in [-0.4, -0.2) is 50.0 Å². The number of hydrogen-bond donors (Lipinski definition) is 1. The van der Waals surface area contributed by atoms with Crippen molar-refractivity contribution in [2.75, 3.05) is 17.1 Å². The molecule has 2 amide bonds. The molecule has 0 bridgehead atoms. The van der Waals surface area contributed by atoms with Crippen molar-refractivity contribution in [1.82, 2.24) is 10.2 Å². The number of nitrogens with one attached hydrogen (secondary N) is 1. The Morgan fingerprint density at radius 2 is 1.72 bits per heavy atom. The summed E-state index contributed by atoms with van der Waals surface area (Å²) in [6.45, 7) is 4.60. The molecule has 0 aliphatic heterocycles. The van der Waals surface area contributed by atoms with Gasteiger partial charge in [-0.1, -0.05) is 49.6 Å². The van der Waals surface area contributed by atoms with Gasteiger partial charge in [-0.2, -0.15) is 0 Å². The molecule has 3 rings (SSSR count). The third-order valence-electron chi connectivity index (χ3n) is 6.94. The molecule has 0 unspecified atom stereocenters. The molecular weight excluding hydrogens is 481 g/mol. The Balaban J connectivity index is 1.91. The first-order valence-corrected chi connectivity index (χ1v) is 14.2. The first-order chi connectivity index (χ1) is 17.0. The molecule has 0 radical (unpaired) electrons. The smallest absolute Gasteiger partial charge is 0.244 e. The van der Waals surface area contributed by atoms with E-state index in [1.54, 1.807) is 44.2 Å². The predicted octanol–water partition coefficient (Wildman–Crippen LogP) is 4.07. The molecule has 0 heterocycles. The van der Waals surface area contributed by atoms with E-state index in [0.717, 1.165) is 53.8 Å². The third kappa shape index (κ3) is 6.84. The van der Waals surface area contributed by atoms with Crippen molar-refractivity contribution in [3.63, 3.8) is 0 Å². The topological polar surface area (TPSA) is 86.8 Å². The number of halogens is 1. The van der Waals surface area contributed by atoms with E-state index < -0.39 is 34.3 Å². The number of sulfonamides is 1. The SMILES string of the molecule is Cc1cccc(N(CC(=O)N(Cc2ccccc2F)[C@@H](C)C(=O)NC2CCCCC2)S(C)(=O)=O)c1C. The average Bonchev–Trinajstić information content (AvgIpc) is 2.83. The molecule has 36 heavy (non-hydrogen) atoms. The highest BCUT2D eigenvalue weighted by Crippen LogP contribution is 2.26. The van der Waals surface area contributed by atoms with Crippen LogP contribution < -0.4 is 9.62 Å². The second kappa shape index (κ2) is 11.9. The number of carbonyl (C=O) groups excluding carboxylic acids is 2. The molecule has 196 valence electrons. The number of carbonyl (C=O) groups is 2. The van der Waals surface area contributed by atoms with E-state index in [4.69, 9.17) is 0 Å². The van der Waals surface area contributed by atoms with E-state index in [9.17, 15) is 22.4 Å². The van der Waals surface area contributed by atoms with Crippen LogP contribution in [0.4, 0.5) is 10.1 Å². The summed E-state index contributed by atoms with van der Waals surface area (Å²) < 4.78 is 41.1. The van der Waals surface area contributed by atoms with Crippen LogP contribution in [0.2, 0.25) is 0 Å². The Kier molecular flexibility index (Phi) is 9.11. The number of amides is 2. The molecule has 7 nitrogen and oxygen atoms in total. The summed E-state index contributed by atoms with van der Waals surface area (Å²) in [6.07, 6.45) is 6.02. The zero-order valence-electron chi connectivity index (χ0n) is 21.5. The van der Waals surface area contributed by atoms with E-state index in [-0.39, 0.29) is 24.1 Å². The van der Waals surface area contributed by atoms with Crippen LogP contribution >= 0.6 is 0 Å². The Hall–Kier alpha value is -2.94. The van der Waals surface area contributed by atoms with Gasteiger partial charge < -0.3 is 10.2 Å². The lowest BCUT2D eigenvalue weighted by molar-refractivity contribution is -0.139. The van der Waals surface area contributed by atoms with E-state index >= 15 is 0 Å². The van der Waals surface area contributed by atoms with Crippen molar-refractivity contribution in [2.45, 2.75) is 71.5 Å². The minimum Gasteiger partial charge on any atom is -0.352 e. The molecule has 1 aliphatic carbocycles. The van der Waals surface area contributed by atoms with Crippen LogP contribution in [0, 0.1) is 19.7 Å². The van der Waals surface area contributed by atoms with Gasteiger partial charge in [0.15, 0.2) is 0 Å². The van der Waals surface area contributed by atoms with Crippen molar-refractivity contribution in [1.29, 1.82) is 0 Å². The van der Waals surface area contributed by atoms with Gasteiger partial charge in [0.1, 0.15) is 18.4 Å². The van der Waals surface area contributed by atoms with Crippen LogP contribution in [0.3, 0.4) is 0 Å². The minimum atomic E-state index is -3.82. The van der Waals surface area contributed by atoms with Crippen molar-refractivity contribution in [3.8, 4) is 0 Å². The number of hydrogen-bond acceptors (Lipinski definition) is 4. The second-order valence-electron chi connectivity index (χ2n) is 9.62. The summed E-state index contributed by atoms with van der Waals surface area (Å²) in [6, 6.07) is 10.4. The maximum atomic E-state index is 14.5. The number of aryl methyl sites for hydroxylation is 1. The number of nitrogens with zero attached hydrogens (tertiary/aromatic N) is 2. The summed E-state index contributed by atoms with van der Waals surface area (Å²) >= 11 is 0. The fourth-order valence-corrected chi connectivity index (χ4v) is 5.46. The molecule has 1 atom stereocenters. The van der Waals surface area contributed by atoms with Crippen LogP contribution in [0.25, 0.3) is 0 Å². The van der Waals surface area contributed by atoms with Gasteiger partial charge in [-0.05, 0) is 56.9 Å². The third-order valence-corrected chi connectivity index (χ3v) is 8.07. The Morgan fingerprint density at radius 3 is 2.36 bits per heavy atom. The fraction of sp³-hybridized carbons (Fsp3) is 0.481.